The molecule has 0 aromatic heterocycles. The molecule has 2 atom stereocenters. The molecule has 2 N–H and O–H groups in total. The van der Waals surface area contributed by atoms with Gasteiger partial charge in [0.05, 0.1) is 0 Å². The predicted octanol–water partition coefficient (Wildman–Crippen LogP) is 3.26. The number of nitrogens with zero attached hydrogens (tertiary/aromatic N) is 1. The van der Waals surface area contributed by atoms with Crippen molar-refractivity contribution in [2.45, 2.75) is 59.3 Å². The standard InChI is InChI=1S/C15H32N2/c1-4-9-15(3,12-16)13-17-10-6-7-14(5-2)8-11-17/h14H,4-13,16H2,1-3H3. The van der Waals surface area contributed by atoms with Gasteiger partial charge in [-0.15, -0.1) is 0 Å². The molecule has 0 bridgehead atoms. The van der Waals surface area contributed by atoms with E-state index in [-0.39, 0.29) is 0 Å². The normalized spacial score (nSPS) is 26.5. The molecule has 1 heterocycles. The van der Waals surface area contributed by atoms with Crippen molar-refractivity contribution in [3.63, 3.8) is 0 Å². The van der Waals surface area contributed by atoms with Crippen LogP contribution in [0.3, 0.4) is 0 Å². The van der Waals surface area contributed by atoms with E-state index in [1.54, 1.807) is 0 Å². The van der Waals surface area contributed by atoms with E-state index in [2.05, 4.69) is 25.7 Å². The van der Waals surface area contributed by atoms with Crippen LogP contribution in [0.25, 0.3) is 0 Å². The Hall–Kier alpha value is -0.0800. The zero-order valence-corrected chi connectivity index (χ0v) is 12.2. The van der Waals surface area contributed by atoms with E-state index in [0.29, 0.717) is 5.41 Å². The highest BCUT2D eigenvalue weighted by atomic mass is 15.1. The molecule has 0 radical (unpaired) electrons. The monoisotopic (exact) mass is 240 g/mol. The van der Waals surface area contributed by atoms with Crippen LogP contribution in [-0.2, 0) is 0 Å². The Balaban J connectivity index is 2.44. The first-order chi connectivity index (χ1) is 8.13. The van der Waals surface area contributed by atoms with E-state index in [4.69, 9.17) is 5.73 Å². The first kappa shape index (κ1) is 15.0. The lowest BCUT2D eigenvalue weighted by Gasteiger charge is -2.34. The Morgan fingerprint density at radius 3 is 2.59 bits per heavy atom. The van der Waals surface area contributed by atoms with Gasteiger partial charge < -0.3 is 10.6 Å². The van der Waals surface area contributed by atoms with Crippen molar-refractivity contribution in [3.05, 3.63) is 0 Å². The molecule has 1 rings (SSSR count). The Labute approximate surface area is 108 Å². The van der Waals surface area contributed by atoms with Gasteiger partial charge in [-0.3, -0.25) is 0 Å². The molecule has 0 aliphatic carbocycles. The summed E-state index contributed by atoms with van der Waals surface area (Å²) >= 11 is 0. The van der Waals surface area contributed by atoms with Gasteiger partial charge in [0.25, 0.3) is 0 Å². The maximum atomic E-state index is 5.98. The molecule has 0 spiro atoms. The van der Waals surface area contributed by atoms with Crippen LogP contribution in [0.1, 0.15) is 59.3 Å². The minimum atomic E-state index is 0.334. The fraction of sp³-hybridized carbons (Fsp3) is 1.00. The highest BCUT2D eigenvalue weighted by Gasteiger charge is 2.26. The summed E-state index contributed by atoms with van der Waals surface area (Å²) in [5.74, 6) is 0.968. The van der Waals surface area contributed by atoms with Gasteiger partial charge in [0, 0.05) is 6.54 Å². The lowest BCUT2D eigenvalue weighted by Crippen LogP contribution is -2.41. The number of hydrogen-bond donors (Lipinski definition) is 1. The van der Waals surface area contributed by atoms with Crippen molar-refractivity contribution in [1.29, 1.82) is 0 Å². The second-order valence-corrected chi connectivity index (χ2v) is 6.25. The number of likely N-dealkylation sites (tertiary alicyclic amines) is 1. The van der Waals surface area contributed by atoms with E-state index in [9.17, 15) is 0 Å². The number of rotatable bonds is 6. The van der Waals surface area contributed by atoms with Crippen LogP contribution in [0.5, 0.6) is 0 Å². The average molecular weight is 240 g/mol. The van der Waals surface area contributed by atoms with E-state index in [1.807, 2.05) is 0 Å². The van der Waals surface area contributed by atoms with Gasteiger partial charge in [0.1, 0.15) is 0 Å². The quantitative estimate of drug-likeness (QED) is 0.772. The summed E-state index contributed by atoms with van der Waals surface area (Å²) in [4.78, 5) is 2.66. The zero-order chi connectivity index (χ0) is 12.7. The highest BCUT2D eigenvalue weighted by Crippen LogP contribution is 2.26. The van der Waals surface area contributed by atoms with Gasteiger partial charge in [-0.05, 0) is 56.7 Å². The summed E-state index contributed by atoms with van der Waals surface area (Å²) in [6.07, 6.45) is 8.07. The van der Waals surface area contributed by atoms with Crippen LogP contribution in [0.15, 0.2) is 0 Å². The fourth-order valence-corrected chi connectivity index (χ4v) is 3.18. The van der Waals surface area contributed by atoms with Crippen molar-refractivity contribution < 1.29 is 0 Å². The van der Waals surface area contributed by atoms with E-state index in [1.165, 1.54) is 58.2 Å². The molecule has 2 heteroatoms. The van der Waals surface area contributed by atoms with Crippen LogP contribution < -0.4 is 5.73 Å². The fourth-order valence-electron chi connectivity index (χ4n) is 3.18. The van der Waals surface area contributed by atoms with Gasteiger partial charge in [0.2, 0.25) is 0 Å². The van der Waals surface area contributed by atoms with Gasteiger partial charge in [-0.25, -0.2) is 0 Å². The zero-order valence-electron chi connectivity index (χ0n) is 12.2. The third-order valence-electron chi connectivity index (χ3n) is 4.47. The average Bonchev–Trinajstić information content (AvgIpc) is 2.54. The first-order valence-electron chi connectivity index (χ1n) is 7.56. The minimum absolute atomic E-state index is 0.334. The lowest BCUT2D eigenvalue weighted by molar-refractivity contribution is 0.161. The molecule has 0 amide bonds. The molecular weight excluding hydrogens is 208 g/mol. The van der Waals surface area contributed by atoms with Crippen molar-refractivity contribution >= 4 is 0 Å². The molecule has 102 valence electrons. The lowest BCUT2D eigenvalue weighted by atomic mass is 9.85. The molecule has 2 unspecified atom stereocenters. The molecule has 1 aliphatic heterocycles. The maximum absolute atomic E-state index is 5.98. The number of hydrogen-bond acceptors (Lipinski definition) is 2. The van der Waals surface area contributed by atoms with Crippen LogP contribution in [0.4, 0.5) is 0 Å². The Morgan fingerprint density at radius 1 is 1.24 bits per heavy atom. The summed E-state index contributed by atoms with van der Waals surface area (Å²) in [5, 5.41) is 0. The van der Waals surface area contributed by atoms with E-state index >= 15 is 0 Å². The molecule has 2 nitrogen and oxygen atoms in total. The third kappa shape index (κ3) is 4.97. The second-order valence-electron chi connectivity index (χ2n) is 6.25. The van der Waals surface area contributed by atoms with Gasteiger partial charge in [-0.2, -0.15) is 0 Å². The molecule has 0 aromatic carbocycles. The molecule has 1 saturated heterocycles. The second kappa shape index (κ2) is 7.38. The molecule has 0 saturated carbocycles. The topological polar surface area (TPSA) is 29.3 Å². The first-order valence-corrected chi connectivity index (χ1v) is 7.56. The van der Waals surface area contributed by atoms with Crippen LogP contribution in [0, 0.1) is 11.3 Å². The van der Waals surface area contributed by atoms with Gasteiger partial charge >= 0.3 is 0 Å². The third-order valence-corrected chi connectivity index (χ3v) is 4.47. The molecule has 1 aliphatic rings. The van der Waals surface area contributed by atoms with Crippen molar-refractivity contribution in [2.24, 2.45) is 17.1 Å². The molecular formula is C15H32N2. The Kier molecular flexibility index (Phi) is 6.50. The van der Waals surface area contributed by atoms with Gasteiger partial charge in [-0.1, -0.05) is 33.6 Å². The van der Waals surface area contributed by atoms with E-state index < -0.39 is 0 Å². The van der Waals surface area contributed by atoms with Crippen molar-refractivity contribution in [1.82, 2.24) is 4.90 Å². The Morgan fingerprint density at radius 2 is 2.00 bits per heavy atom. The summed E-state index contributed by atoms with van der Waals surface area (Å²) < 4.78 is 0. The predicted molar refractivity (Wildman–Crippen MR) is 76.1 cm³/mol. The number of nitrogens with two attached hydrogens (primary N) is 1. The van der Waals surface area contributed by atoms with E-state index in [0.717, 1.165) is 12.5 Å². The minimum Gasteiger partial charge on any atom is -0.330 e. The molecule has 0 aromatic rings. The summed E-state index contributed by atoms with van der Waals surface area (Å²) in [6, 6.07) is 0. The van der Waals surface area contributed by atoms with Crippen LogP contribution >= 0.6 is 0 Å². The van der Waals surface area contributed by atoms with Crippen molar-refractivity contribution in [2.75, 3.05) is 26.2 Å². The Bertz CT molecular complexity index is 205. The van der Waals surface area contributed by atoms with Crippen LogP contribution in [0.2, 0.25) is 0 Å². The maximum Gasteiger partial charge on any atom is 0.00474 e. The SMILES string of the molecule is CCCC(C)(CN)CN1CCCC(CC)CC1. The highest BCUT2D eigenvalue weighted by molar-refractivity contribution is 4.81. The van der Waals surface area contributed by atoms with Crippen LogP contribution in [-0.4, -0.2) is 31.1 Å². The summed E-state index contributed by atoms with van der Waals surface area (Å²) in [6.45, 7) is 11.6. The molecule has 17 heavy (non-hydrogen) atoms. The summed E-state index contributed by atoms with van der Waals surface area (Å²) in [7, 11) is 0. The largest absolute Gasteiger partial charge is 0.330 e. The molecule has 1 fully saturated rings. The van der Waals surface area contributed by atoms with Crippen molar-refractivity contribution in [3.8, 4) is 0 Å². The smallest absolute Gasteiger partial charge is 0.00474 e. The summed E-state index contributed by atoms with van der Waals surface area (Å²) in [5.41, 5.74) is 6.31. The van der Waals surface area contributed by atoms with Gasteiger partial charge in [0.15, 0.2) is 0 Å².